The maximum absolute atomic E-state index is 13.2. The number of aromatic amines is 1. The maximum atomic E-state index is 13.2. The Hall–Kier alpha value is -3.02. The summed E-state index contributed by atoms with van der Waals surface area (Å²) in [5, 5.41) is 0. The molecule has 6 heteroatoms. The molecule has 0 spiro atoms. The van der Waals surface area contributed by atoms with Gasteiger partial charge in [0.15, 0.2) is 5.78 Å². The zero-order chi connectivity index (χ0) is 19.0. The van der Waals surface area contributed by atoms with Crippen molar-refractivity contribution in [2.45, 2.75) is 39.7 Å². The molecule has 1 aliphatic rings. The second kappa shape index (κ2) is 6.71. The highest BCUT2D eigenvalue weighted by Crippen LogP contribution is 2.29. The Balaban J connectivity index is 2.36. The van der Waals surface area contributed by atoms with Crippen molar-refractivity contribution in [3.05, 3.63) is 79.1 Å². The van der Waals surface area contributed by atoms with Crippen molar-refractivity contribution in [1.29, 1.82) is 0 Å². The number of aryl methyl sites for hydroxylation is 1. The van der Waals surface area contributed by atoms with Crippen LogP contribution in [0.3, 0.4) is 0 Å². The highest BCUT2D eigenvalue weighted by atomic mass is 16.2. The Labute approximate surface area is 150 Å². The largest absolute Gasteiger partial charge is 0.318 e. The summed E-state index contributed by atoms with van der Waals surface area (Å²) in [6, 6.07) is 2.71. The first-order valence-electron chi connectivity index (χ1n) is 8.61. The zero-order valence-electron chi connectivity index (χ0n) is 14.8. The number of hydrogen-bond donors (Lipinski definition) is 1. The van der Waals surface area contributed by atoms with E-state index in [0.717, 1.165) is 6.42 Å². The van der Waals surface area contributed by atoms with Crippen LogP contribution < -0.4 is 11.1 Å². The van der Waals surface area contributed by atoms with Crippen LogP contribution in [0.2, 0.25) is 0 Å². The predicted molar refractivity (Wildman–Crippen MR) is 98.2 cm³/mol. The quantitative estimate of drug-likeness (QED) is 0.713. The SMILES string of the molecule is C=CCc1cc(=O)[nH]c2c1C(=O)c1c(C)cc(=O)n(CCCC)c1C2=O. The van der Waals surface area contributed by atoms with Crippen LogP contribution in [-0.2, 0) is 13.0 Å². The Morgan fingerprint density at radius 2 is 1.85 bits per heavy atom. The number of unbranched alkanes of at least 4 members (excludes halogenated alkanes) is 1. The number of nitrogens with zero attached hydrogens (tertiary/aromatic N) is 1. The van der Waals surface area contributed by atoms with Crippen molar-refractivity contribution < 1.29 is 9.59 Å². The van der Waals surface area contributed by atoms with Crippen molar-refractivity contribution in [1.82, 2.24) is 9.55 Å². The third-order valence-corrected chi connectivity index (χ3v) is 4.63. The van der Waals surface area contributed by atoms with Gasteiger partial charge in [-0.2, -0.15) is 0 Å². The molecule has 2 heterocycles. The van der Waals surface area contributed by atoms with E-state index in [1.54, 1.807) is 13.0 Å². The summed E-state index contributed by atoms with van der Waals surface area (Å²) in [7, 11) is 0. The van der Waals surface area contributed by atoms with Crippen LogP contribution in [0.15, 0.2) is 34.4 Å². The predicted octanol–water partition coefficient (Wildman–Crippen LogP) is 2.15. The van der Waals surface area contributed by atoms with E-state index in [1.165, 1.54) is 16.7 Å². The van der Waals surface area contributed by atoms with E-state index in [-0.39, 0.29) is 33.9 Å². The molecule has 0 unspecified atom stereocenters. The average Bonchev–Trinajstić information content (AvgIpc) is 2.58. The average molecular weight is 352 g/mol. The molecule has 2 aromatic heterocycles. The van der Waals surface area contributed by atoms with Crippen LogP contribution in [0.4, 0.5) is 0 Å². The lowest BCUT2D eigenvalue weighted by atomic mass is 9.84. The van der Waals surface area contributed by atoms with Crippen LogP contribution in [0.5, 0.6) is 0 Å². The molecular weight excluding hydrogens is 332 g/mol. The van der Waals surface area contributed by atoms with Gasteiger partial charge in [0, 0.05) is 18.7 Å². The van der Waals surface area contributed by atoms with Crippen molar-refractivity contribution in [2.24, 2.45) is 0 Å². The highest BCUT2D eigenvalue weighted by molar-refractivity contribution is 6.28. The summed E-state index contributed by atoms with van der Waals surface area (Å²) in [5.74, 6) is -0.833. The summed E-state index contributed by atoms with van der Waals surface area (Å²) >= 11 is 0. The summed E-state index contributed by atoms with van der Waals surface area (Å²) in [5.41, 5.74) is 0.644. The molecule has 2 aromatic rings. The van der Waals surface area contributed by atoms with Gasteiger partial charge in [-0.1, -0.05) is 19.4 Å². The van der Waals surface area contributed by atoms with Gasteiger partial charge in [-0.25, -0.2) is 0 Å². The van der Waals surface area contributed by atoms with Crippen molar-refractivity contribution in [3.8, 4) is 0 Å². The third kappa shape index (κ3) is 2.67. The number of carbonyl (C=O) groups excluding carboxylic acids is 2. The smallest absolute Gasteiger partial charge is 0.251 e. The lowest BCUT2D eigenvalue weighted by molar-refractivity contribution is 0.0965. The molecule has 0 amide bonds. The maximum Gasteiger partial charge on any atom is 0.251 e. The minimum Gasteiger partial charge on any atom is -0.318 e. The van der Waals surface area contributed by atoms with Crippen LogP contribution in [0, 0.1) is 6.92 Å². The molecule has 1 N–H and O–H groups in total. The normalized spacial score (nSPS) is 12.7. The first-order chi connectivity index (χ1) is 12.4. The molecule has 0 aliphatic heterocycles. The molecule has 0 fully saturated rings. The van der Waals surface area contributed by atoms with E-state index in [2.05, 4.69) is 11.6 Å². The summed E-state index contributed by atoms with van der Waals surface area (Å²) in [6.07, 6.45) is 3.43. The van der Waals surface area contributed by atoms with Crippen molar-refractivity contribution in [3.63, 3.8) is 0 Å². The molecule has 0 atom stereocenters. The summed E-state index contributed by atoms with van der Waals surface area (Å²) < 4.78 is 1.35. The van der Waals surface area contributed by atoms with E-state index in [4.69, 9.17) is 0 Å². The molecule has 134 valence electrons. The lowest BCUT2D eigenvalue weighted by Crippen LogP contribution is -2.36. The van der Waals surface area contributed by atoms with Gasteiger partial charge < -0.3 is 9.55 Å². The topological polar surface area (TPSA) is 89.0 Å². The number of nitrogens with one attached hydrogen (secondary N) is 1. The number of hydrogen-bond acceptors (Lipinski definition) is 4. The fourth-order valence-corrected chi connectivity index (χ4v) is 3.43. The molecule has 1 aliphatic carbocycles. The number of ketones is 2. The molecule has 6 nitrogen and oxygen atoms in total. The second-order valence-corrected chi connectivity index (χ2v) is 6.45. The molecule has 26 heavy (non-hydrogen) atoms. The monoisotopic (exact) mass is 352 g/mol. The first kappa shape index (κ1) is 17.8. The minimum absolute atomic E-state index is 0.0397. The zero-order valence-corrected chi connectivity index (χ0v) is 14.8. The van der Waals surface area contributed by atoms with Gasteiger partial charge in [-0.15, -0.1) is 6.58 Å². The molecule has 0 saturated carbocycles. The van der Waals surface area contributed by atoms with Gasteiger partial charge in [-0.05, 0) is 30.9 Å². The molecule has 0 saturated heterocycles. The third-order valence-electron chi connectivity index (χ3n) is 4.63. The minimum atomic E-state index is -0.491. The number of rotatable bonds is 5. The molecule has 0 bridgehead atoms. The molecule has 3 rings (SSSR count). The van der Waals surface area contributed by atoms with Gasteiger partial charge in [0.2, 0.25) is 11.3 Å². The summed E-state index contributed by atoms with van der Waals surface area (Å²) in [6.45, 7) is 7.63. The Kier molecular flexibility index (Phi) is 4.59. The Bertz CT molecular complexity index is 1060. The number of allylic oxidation sites excluding steroid dienone is 1. The van der Waals surface area contributed by atoms with Crippen molar-refractivity contribution in [2.75, 3.05) is 0 Å². The first-order valence-corrected chi connectivity index (χ1v) is 8.61. The van der Waals surface area contributed by atoms with E-state index < -0.39 is 11.3 Å². The van der Waals surface area contributed by atoms with E-state index in [1.807, 2.05) is 6.92 Å². The van der Waals surface area contributed by atoms with Crippen molar-refractivity contribution >= 4 is 11.6 Å². The fourth-order valence-electron chi connectivity index (χ4n) is 3.43. The van der Waals surface area contributed by atoms with Crippen LogP contribution in [0.1, 0.15) is 63.0 Å². The number of aromatic nitrogens is 2. The van der Waals surface area contributed by atoms with Gasteiger partial charge in [0.05, 0.1) is 11.1 Å². The lowest BCUT2D eigenvalue weighted by Gasteiger charge is -2.24. The molecule has 0 radical (unpaired) electrons. The highest BCUT2D eigenvalue weighted by Gasteiger charge is 2.36. The second-order valence-electron chi connectivity index (χ2n) is 6.45. The summed E-state index contributed by atoms with van der Waals surface area (Å²) in [4.78, 5) is 53.2. The van der Waals surface area contributed by atoms with Crippen LogP contribution >= 0.6 is 0 Å². The van der Waals surface area contributed by atoms with E-state index in [0.29, 0.717) is 30.5 Å². The molecular formula is C20H20N2O4. The number of carbonyl (C=O) groups is 2. The van der Waals surface area contributed by atoms with E-state index in [9.17, 15) is 19.2 Å². The van der Waals surface area contributed by atoms with Gasteiger partial charge in [0.25, 0.3) is 5.56 Å². The van der Waals surface area contributed by atoms with Crippen LogP contribution in [-0.4, -0.2) is 21.1 Å². The van der Waals surface area contributed by atoms with E-state index >= 15 is 0 Å². The Morgan fingerprint density at radius 3 is 2.50 bits per heavy atom. The van der Waals surface area contributed by atoms with Gasteiger partial charge in [0.1, 0.15) is 11.4 Å². The number of pyridine rings is 2. The number of H-pyrrole nitrogens is 1. The molecule has 0 aromatic carbocycles. The van der Waals surface area contributed by atoms with Gasteiger partial charge >= 0.3 is 0 Å². The van der Waals surface area contributed by atoms with Gasteiger partial charge in [-0.3, -0.25) is 19.2 Å². The fraction of sp³-hybridized carbons (Fsp3) is 0.300. The standard InChI is InChI=1S/C20H20N2O4/c1-4-6-8-22-14(24)9-11(3)15-18(22)20(26)17-16(19(15)25)12(7-5-2)10-13(23)21-17/h5,9-10H,2,4,6-8H2,1,3H3,(H,21,23). The van der Waals surface area contributed by atoms with Crippen LogP contribution in [0.25, 0.3) is 0 Å². The number of fused-ring (bicyclic) bond motifs is 2. The Morgan fingerprint density at radius 1 is 1.12 bits per heavy atom.